The minimum absolute atomic E-state index is 0.0101. The van der Waals surface area contributed by atoms with Crippen LogP contribution in [0.15, 0.2) is 23.5 Å². The quantitative estimate of drug-likeness (QED) is 0.727. The molecule has 0 bridgehead atoms. The topological polar surface area (TPSA) is 119 Å². The standard InChI is InChI=1S/C13H19N5O4S/c1-4-18-8-11(7-15-18)23(21,22)16-12(13(19)20)5-10-6-14-17(3)9(10)2/h6-8,12,16H,4-5H2,1-3H3,(H,19,20). The molecule has 0 aliphatic carbocycles. The second-order valence-corrected chi connectivity index (χ2v) is 6.84. The summed E-state index contributed by atoms with van der Waals surface area (Å²) in [4.78, 5) is 11.4. The summed E-state index contributed by atoms with van der Waals surface area (Å²) in [5.74, 6) is -1.25. The Morgan fingerprint density at radius 2 is 2.09 bits per heavy atom. The van der Waals surface area contributed by atoms with Crippen molar-refractivity contribution in [3.05, 3.63) is 29.8 Å². The lowest BCUT2D eigenvalue weighted by atomic mass is 10.1. The second-order valence-electron chi connectivity index (χ2n) is 5.13. The average Bonchev–Trinajstić information content (AvgIpc) is 3.08. The molecule has 0 fully saturated rings. The summed E-state index contributed by atoms with van der Waals surface area (Å²) in [5, 5.41) is 17.2. The minimum Gasteiger partial charge on any atom is -0.480 e. The van der Waals surface area contributed by atoms with Gasteiger partial charge in [-0.05, 0) is 19.4 Å². The van der Waals surface area contributed by atoms with Crippen molar-refractivity contribution in [2.75, 3.05) is 0 Å². The SMILES string of the molecule is CCn1cc(S(=O)(=O)NC(Cc2cnn(C)c2C)C(=O)O)cn1. The molecule has 9 nitrogen and oxygen atoms in total. The fourth-order valence-electron chi connectivity index (χ4n) is 2.06. The molecule has 2 N–H and O–H groups in total. The lowest BCUT2D eigenvalue weighted by Gasteiger charge is -2.13. The molecule has 1 unspecified atom stereocenters. The maximum atomic E-state index is 12.3. The molecule has 0 saturated heterocycles. The van der Waals surface area contributed by atoms with Gasteiger partial charge in [0.1, 0.15) is 10.9 Å². The average molecular weight is 341 g/mol. The lowest BCUT2D eigenvalue weighted by molar-refractivity contribution is -0.138. The maximum absolute atomic E-state index is 12.3. The van der Waals surface area contributed by atoms with Crippen molar-refractivity contribution in [1.29, 1.82) is 0 Å². The summed E-state index contributed by atoms with van der Waals surface area (Å²) < 4.78 is 29.9. The molecule has 0 amide bonds. The van der Waals surface area contributed by atoms with E-state index in [1.165, 1.54) is 23.3 Å². The number of carboxylic acid groups (broad SMARTS) is 1. The zero-order valence-electron chi connectivity index (χ0n) is 13.1. The van der Waals surface area contributed by atoms with Gasteiger partial charge in [-0.25, -0.2) is 8.42 Å². The van der Waals surface area contributed by atoms with E-state index >= 15 is 0 Å². The molecular weight excluding hydrogens is 322 g/mol. The third kappa shape index (κ3) is 3.77. The fourth-order valence-corrected chi connectivity index (χ4v) is 3.20. The number of carbonyl (C=O) groups is 1. The minimum atomic E-state index is -3.96. The van der Waals surface area contributed by atoms with Gasteiger partial charge in [0.15, 0.2) is 0 Å². The lowest BCUT2D eigenvalue weighted by Crippen LogP contribution is -2.42. The first-order valence-corrected chi connectivity index (χ1v) is 8.48. The Labute approximate surface area is 134 Å². The molecule has 10 heteroatoms. The fraction of sp³-hybridized carbons (Fsp3) is 0.462. The molecule has 2 rings (SSSR count). The van der Waals surface area contributed by atoms with E-state index in [-0.39, 0.29) is 11.3 Å². The number of hydrogen-bond acceptors (Lipinski definition) is 5. The Balaban J connectivity index is 2.21. The highest BCUT2D eigenvalue weighted by atomic mass is 32.2. The molecule has 23 heavy (non-hydrogen) atoms. The Hall–Kier alpha value is -2.20. The van der Waals surface area contributed by atoms with E-state index in [1.54, 1.807) is 18.7 Å². The number of rotatable bonds is 7. The van der Waals surface area contributed by atoms with E-state index in [0.29, 0.717) is 12.1 Å². The summed E-state index contributed by atoms with van der Waals surface area (Å²) in [5.41, 5.74) is 1.46. The normalized spacial score (nSPS) is 13.2. The van der Waals surface area contributed by atoms with Gasteiger partial charge >= 0.3 is 5.97 Å². The molecule has 1 atom stereocenters. The van der Waals surface area contributed by atoms with E-state index in [9.17, 15) is 18.3 Å². The third-order valence-corrected chi connectivity index (χ3v) is 5.03. The van der Waals surface area contributed by atoms with E-state index in [2.05, 4.69) is 14.9 Å². The van der Waals surface area contributed by atoms with Gasteiger partial charge in [0.05, 0.1) is 12.4 Å². The first-order chi connectivity index (χ1) is 10.7. The van der Waals surface area contributed by atoms with Crippen LogP contribution in [0.5, 0.6) is 0 Å². The number of sulfonamides is 1. The first-order valence-electron chi connectivity index (χ1n) is 6.99. The number of aryl methyl sites for hydroxylation is 2. The third-order valence-electron chi connectivity index (χ3n) is 3.60. The number of nitrogens with zero attached hydrogens (tertiary/aromatic N) is 4. The van der Waals surface area contributed by atoms with Crippen LogP contribution in [0, 0.1) is 6.92 Å². The number of aliphatic carboxylic acids is 1. The zero-order valence-corrected chi connectivity index (χ0v) is 13.9. The highest BCUT2D eigenvalue weighted by Gasteiger charge is 2.27. The van der Waals surface area contributed by atoms with Gasteiger partial charge in [-0.15, -0.1) is 0 Å². The zero-order chi connectivity index (χ0) is 17.2. The van der Waals surface area contributed by atoms with Gasteiger partial charge in [-0.3, -0.25) is 14.2 Å². The molecule has 0 saturated carbocycles. The smallest absolute Gasteiger partial charge is 0.322 e. The van der Waals surface area contributed by atoms with E-state index in [4.69, 9.17) is 0 Å². The molecular formula is C13H19N5O4S. The van der Waals surface area contributed by atoms with Crippen molar-refractivity contribution < 1.29 is 18.3 Å². The molecule has 0 aliphatic rings. The van der Waals surface area contributed by atoms with Gasteiger partial charge < -0.3 is 5.11 Å². The van der Waals surface area contributed by atoms with Crippen LogP contribution in [-0.4, -0.2) is 45.1 Å². The van der Waals surface area contributed by atoms with E-state index in [1.807, 2.05) is 6.92 Å². The molecule has 2 heterocycles. The summed E-state index contributed by atoms with van der Waals surface area (Å²) in [7, 11) is -2.23. The highest BCUT2D eigenvalue weighted by molar-refractivity contribution is 7.89. The van der Waals surface area contributed by atoms with Gasteiger partial charge in [-0.2, -0.15) is 14.9 Å². The number of carboxylic acids is 1. The maximum Gasteiger partial charge on any atom is 0.322 e. The van der Waals surface area contributed by atoms with Crippen LogP contribution in [0.3, 0.4) is 0 Å². The molecule has 0 aromatic carbocycles. The van der Waals surface area contributed by atoms with Crippen molar-refractivity contribution >= 4 is 16.0 Å². The summed E-state index contributed by atoms with van der Waals surface area (Å²) in [6, 6.07) is -1.28. The number of hydrogen-bond donors (Lipinski definition) is 2. The molecule has 0 aliphatic heterocycles. The van der Waals surface area contributed by atoms with Crippen molar-refractivity contribution in [1.82, 2.24) is 24.3 Å². The van der Waals surface area contributed by atoms with E-state index < -0.39 is 22.0 Å². The largest absolute Gasteiger partial charge is 0.480 e. The first kappa shape index (κ1) is 17.2. The molecule has 0 radical (unpaired) electrons. The van der Waals surface area contributed by atoms with Crippen molar-refractivity contribution in [2.24, 2.45) is 7.05 Å². The predicted molar refractivity (Wildman–Crippen MR) is 81.3 cm³/mol. The summed E-state index contributed by atoms with van der Waals surface area (Å²) in [6.07, 6.45) is 4.10. The molecule has 0 spiro atoms. The van der Waals surface area contributed by atoms with Crippen LogP contribution >= 0.6 is 0 Å². The van der Waals surface area contributed by atoms with Gasteiger partial charge in [0, 0.05) is 31.9 Å². The van der Waals surface area contributed by atoms with Gasteiger partial charge in [0.25, 0.3) is 0 Å². The summed E-state index contributed by atoms with van der Waals surface area (Å²) >= 11 is 0. The van der Waals surface area contributed by atoms with Gasteiger partial charge in [-0.1, -0.05) is 0 Å². The van der Waals surface area contributed by atoms with Crippen molar-refractivity contribution in [3.63, 3.8) is 0 Å². The summed E-state index contributed by atoms with van der Waals surface area (Å²) in [6.45, 7) is 4.13. The van der Waals surface area contributed by atoms with Crippen LogP contribution in [-0.2, 0) is 34.8 Å². The van der Waals surface area contributed by atoms with Crippen LogP contribution in [0.2, 0.25) is 0 Å². The Kier molecular flexibility index (Phi) is 4.85. The Morgan fingerprint density at radius 3 is 2.57 bits per heavy atom. The predicted octanol–water partition coefficient (Wildman–Crippen LogP) is -0.0809. The van der Waals surface area contributed by atoms with Crippen LogP contribution in [0.1, 0.15) is 18.2 Å². The van der Waals surface area contributed by atoms with Crippen LogP contribution < -0.4 is 4.72 Å². The Bertz CT molecular complexity index is 808. The van der Waals surface area contributed by atoms with Crippen LogP contribution in [0.4, 0.5) is 0 Å². The number of aromatic nitrogens is 4. The second kappa shape index (κ2) is 6.50. The monoisotopic (exact) mass is 341 g/mol. The van der Waals surface area contributed by atoms with Crippen LogP contribution in [0.25, 0.3) is 0 Å². The Morgan fingerprint density at radius 1 is 1.39 bits per heavy atom. The van der Waals surface area contributed by atoms with Gasteiger partial charge in [0.2, 0.25) is 10.0 Å². The molecule has 2 aromatic rings. The molecule has 2 aromatic heterocycles. The van der Waals surface area contributed by atoms with Crippen molar-refractivity contribution in [2.45, 2.75) is 37.8 Å². The number of nitrogens with one attached hydrogen (secondary N) is 1. The van der Waals surface area contributed by atoms with E-state index in [0.717, 1.165) is 5.69 Å². The molecule has 126 valence electrons. The highest BCUT2D eigenvalue weighted by Crippen LogP contribution is 2.12. The van der Waals surface area contributed by atoms with Crippen molar-refractivity contribution in [3.8, 4) is 0 Å².